The number of hydrogen-bond acceptors (Lipinski definition) is 8. The van der Waals surface area contributed by atoms with Gasteiger partial charge >= 0.3 is 6.03 Å². The Morgan fingerprint density at radius 1 is 1.26 bits per heavy atom. The van der Waals surface area contributed by atoms with Crippen LogP contribution in [-0.2, 0) is 19.2 Å². The summed E-state index contributed by atoms with van der Waals surface area (Å²) in [6.45, 7) is 3.49. The number of ketones is 2. The number of primary amides is 1. The Balaban J connectivity index is 1.60. The van der Waals surface area contributed by atoms with Gasteiger partial charge in [-0.3, -0.25) is 19.7 Å². The molecule has 1 aromatic carbocycles. The normalized spacial score (nSPS) is 22.2. The lowest BCUT2D eigenvalue weighted by Gasteiger charge is -2.34. The molecule has 1 aromatic heterocycles. The second-order valence-electron chi connectivity index (χ2n) is 8.86. The lowest BCUT2D eigenvalue weighted by Crippen LogP contribution is -2.51. The summed E-state index contributed by atoms with van der Waals surface area (Å²) in [4.78, 5) is 61.0. The van der Waals surface area contributed by atoms with Crippen LogP contribution >= 0.6 is 0 Å². The molecule has 5 atom stereocenters. The highest BCUT2D eigenvalue weighted by atomic mass is 16.2. The highest BCUT2D eigenvalue weighted by Gasteiger charge is 2.38. The molecule has 34 heavy (non-hydrogen) atoms. The second kappa shape index (κ2) is 11.1. The first-order valence-electron chi connectivity index (χ1n) is 11.4. The van der Waals surface area contributed by atoms with Gasteiger partial charge < -0.3 is 15.8 Å². The average Bonchev–Trinajstić information content (AvgIpc) is 3.24. The lowest BCUT2D eigenvalue weighted by molar-refractivity contribution is -0.134. The highest BCUT2D eigenvalue weighted by Crippen LogP contribution is 2.30. The Hall–Kier alpha value is -3.47. The van der Waals surface area contributed by atoms with Crippen molar-refractivity contribution in [2.45, 2.75) is 64.1 Å². The first kappa shape index (κ1) is 25.2. The Morgan fingerprint density at radius 3 is 2.71 bits per heavy atom. The summed E-state index contributed by atoms with van der Waals surface area (Å²) in [6, 6.07) is 4.31. The van der Waals surface area contributed by atoms with Gasteiger partial charge in [0.2, 0.25) is 5.91 Å². The summed E-state index contributed by atoms with van der Waals surface area (Å²) in [7, 11) is 0. The molecule has 1 aliphatic rings. The van der Waals surface area contributed by atoms with Crippen molar-refractivity contribution in [2.24, 2.45) is 17.6 Å². The van der Waals surface area contributed by atoms with E-state index in [0.29, 0.717) is 30.2 Å². The highest BCUT2D eigenvalue weighted by molar-refractivity contribution is 5.96. The molecule has 5 unspecified atom stereocenters. The van der Waals surface area contributed by atoms with E-state index in [2.05, 4.69) is 20.9 Å². The van der Waals surface area contributed by atoms with Crippen molar-refractivity contribution in [1.82, 2.24) is 25.6 Å². The predicted octanol–water partition coefficient (Wildman–Crippen LogP) is 0.743. The summed E-state index contributed by atoms with van der Waals surface area (Å²) < 4.78 is 1.10. The fourth-order valence-corrected chi connectivity index (χ4v) is 4.27. The van der Waals surface area contributed by atoms with Crippen LogP contribution in [0.15, 0.2) is 24.3 Å². The third kappa shape index (κ3) is 5.90. The van der Waals surface area contributed by atoms with Crippen molar-refractivity contribution in [3.05, 3.63) is 24.3 Å². The number of Topliss-reactive ketones (excluding diaryl/α,β-unsaturated/α-hetero) is 2. The number of fused-ring (bicyclic) bond motifs is 1. The molecule has 11 heteroatoms. The van der Waals surface area contributed by atoms with Crippen molar-refractivity contribution in [1.29, 1.82) is 0 Å². The van der Waals surface area contributed by atoms with Gasteiger partial charge in [-0.2, -0.15) is 4.68 Å². The Morgan fingerprint density at radius 2 is 2.00 bits per heavy atom. The van der Waals surface area contributed by atoms with E-state index in [1.54, 1.807) is 31.2 Å². The van der Waals surface area contributed by atoms with Crippen LogP contribution in [0.1, 0.15) is 46.0 Å². The molecule has 4 N–H and O–H groups in total. The molecule has 11 nitrogen and oxygen atoms in total. The van der Waals surface area contributed by atoms with Gasteiger partial charge in [-0.05, 0) is 44.2 Å². The van der Waals surface area contributed by atoms with E-state index in [1.807, 2.05) is 6.92 Å². The van der Waals surface area contributed by atoms with E-state index < -0.39 is 36.0 Å². The summed E-state index contributed by atoms with van der Waals surface area (Å²) in [5.41, 5.74) is 6.22. The van der Waals surface area contributed by atoms with Gasteiger partial charge in [-0.15, -0.1) is 5.10 Å². The molecule has 1 heterocycles. The zero-order chi connectivity index (χ0) is 24.8. The quantitative estimate of drug-likeness (QED) is 0.428. The molecule has 3 rings (SSSR count). The topological polar surface area (TPSA) is 166 Å². The monoisotopic (exact) mass is 470 g/mol. The zero-order valence-electron chi connectivity index (χ0n) is 19.3. The molecule has 0 spiro atoms. The number of rotatable bonds is 10. The second-order valence-corrected chi connectivity index (χ2v) is 8.86. The van der Waals surface area contributed by atoms with E-state index in [1.165, 1.54) is 0 Å². The van der Waals surface area contributed by atoms with Crippen molar-refractivity contribution in [2.75, 3.05) is 0 Å². The van der Waals surface area contributed by atoms with Crippen LogP contribution in [0.5, 0.6) is 0 Å². The van der Waals surface area contributed by atoms with E-state index in [0.717, 1.165) is 4.68 Å². The van der Waals surface area contributed by atoms with Gasteiger partial charge in [-0.25, -0.2) is 4.79 Å². The van der Waals surface area contributed by atoms with Crippen LogP contribution in [0.4, 0.5) is 4.79 Å². The molecular weight excluding hydrogens is 440 g/mol. The average molecular weight is 471 g/mol. The van der Waals surface area contributed by atoms with Gasteiger partial charge in [-0.1, -0.05) is 24.3 Å². The standard InChI is InChI=1S/C23H30N6O5/c1-13-7-9-18(26-15(12-30)8-10-21(24)32)22(33)16(13)11-20(31)14(2)25-23(34)29-19-6-4-3-5-17(19)27-28-29/h3-6,12-16,18,26H,7-11H2,1-2H3,(H2,24,32)(H,25,34). The van der Waals surface area contributed by atoms with Crippen LogP contribution in [0, 0.1) is 11.8 Å². The molecule has 182 valence electrons. The number of aromatic nitrogens is 3. The molecule has 2 amide bonds. The fourth-order valence-electron chi connectivity index (χ4n) is 4.27. The number of carbonyl (C=O) groups excluding carboxylic acids is 5. The van der Waals surface area contributed by atoms with Gasteiger partial charge in [0.15, 0.2) is 11.6 Å². The van der Waals surface area contributed by atoms with E-state index in [9.17, 15) is 24.0 Å². The van der Waals surface area contributed by atoms with Gasteiger partial charge in [0.05, 0.1) is 23.6 Å². The number of hydrogen-bond donors (Lipinski definition) is 3. The van der Waals surface area contributed by atoms with Crippen LogP contribution < -0.4 is 16.4 Å². The predicted molar refractivity (Wildman–Crippen MR) is 123 cm³/mol. The maximum absolute atomic E-state index is 13.1. The minimum atomic E-state index is -0.831. The SMILES string of the molecule is CC(NC(=O)n1nnc2ccccc21)C(=O)CC1C(=O)C(NC(C=O)CCC(N)=O)CCC1C. The first-order chi connectivity index (χ1) is 16.2. The number of para-hydroxylation sites is 1. The molecular formula is C23H30N6O5. The van der Waals surface area contributed by atoms with Crippen LogP contribution in [-0.4, -0.2) is 62.9 Å². The largest absolute Gasteiger partial charge is 0.370 e. The summed E-state index contributed by atoms with van der Waals surface area (Å²) in [6.07, 6.45) is 2.13. The smallest absolute Gasteiger partial charge is 0.344 e. The number of benzene rings is 1. The zero-order valence-corrected chi connectivity index (χ0v) is 19.3. The number of nitrogens with zero attached hydrogens (tertiary/aromatic N) is 3. The molecule has 0 aliphatic heterocycles. The maximum atomic E-state index is 13.1. The number of amides is 2. The van der Waals surface area contributed by atoms with Gasteiger partial charge in [0.1, 0.15) is 11.8 Å². The number of nitrogens with two attached hydrogens (primary N) is 1. The summed E-state index contributed by atoms with van der Waals surface area (Å²) in [5.74, 6) is -1.48. The third-order valence-corrected chi connectivity index (χ3v) is 6.38. The Labute approximate surface area is 196 Å². The van der Waals surface area contributed by atoms with E-state index >= 15 is 0 Å². The number of nitrogens with one attached hydrogen (secondary N) is 2. The van der Waals surface area contributed by atoms with Crippen molar-refractivity contribution < 1.29 is 24.0 Å². The Kier molecular flexibility index (Phi) is 8.21. The first-order valence-corrected chi connectivity index (χ1v) is 11.4. The number of aldehydes is 1. The molecule has 0 bridgehead atoms. The van der Waals surface area contributed by atoms with E-state index in [4.69, 9.17) is 5.73 Å². The minimum absolute atomic E-state index is 0.0167. The maximum Gasteiger partial charge on any atom is 0.344 e. The van der Waals surface area contributed by atoms with Gasteiger partial charge in [0, 0.05) is 18.8 Å². The van der Waals surface area contributed by atoms with Crippen LogP contribution in [0.25, 0.3) is 11.0 Å². The summed E-state index contributed by atoms with van der Waals surface area (Å²) >= 11 is 0. The lowest BCUT2D eigenvalue weighted by atomic mass is 9.74. The van der Waals surface area contributed by atoms with Gasteiger partial charge in [0.25, 0.3) is 0 Å². The molecule has 0 saturated heterocycles. The molecule has 2 aromatic rings. The van der Waals surface area contributed by atoms with Crippen molar-refractivity contribution in [3.8, 4) is 0 Å². The molecule has 1 fully saturated rings. The van der Waals surface area contributed by atoms with Crippen molar-refractivity contribution in [3.63, 3.8) is 0 Å². The summed E-state index contributed by atoms with van der Waals surface area (Å²) in [5, 5.41) is 13.4. The van der Waals surface area contributed by atoms with Crippen LogP contribution in [0.2, 0.25) is 0 Å². The molecule has 0 radical (unpaired) electrons. The van der Waals surface area contributed by atoms with E-state index in [-0.39, 0.29) is 36.7 Å². The fraction of sp³-hybridized carbons (Fsp3) is 0.522. The van der Waals surface area contributed by atoms with Crippen LogP contribution in [0.3, 0.4) is 0 Å². The third-order valence-electron chi connectivity index (χ3n) is 6.38. The Bertz CT molecular complexity index is 1080. The molecule has 1 aliphatic carbocycles. The number of carbonyl (C=O) groups is 5. The molecule has 1 saturated carbocycles. The van der Waals surface area contributed by atoms with Crippen molar-refractivity contribution >= 4 is 40.8 Å². The minimum Gasteiger partial charge on any atom is -0.370 e.